The van der Waals surface area contributed by atoms with Gasteiger partial charge in [0.05, 0.1) is 11.7 Å². The van der Waals surface area contributed by atoms with Gasteiger partial charge in [-0.3, -0.25) is 9.89 Å². The number of aromatic nitrogens is 2. The number of fused-ring (bicyclic) bond motifs is 2. The molecule has 1 fully saturated rings. The standard InChI is InChI=1S/C18H20N6O2S/c19-15(18(25)26)22-12-3-7-24(8-4-12)10-11-1-2-14-13(9-11)23-16-17(27-14)21-6-5-20-16/h1-2,5-6,9,12H,3-4,7-8,10H2,(H2,19,22)(H,20,23)(H,25,26). The fourth-order valence-corrected chi connectivity index (χ4v) is 4.17. The Morgan fingerprint density at radius 3 is 2.89 bits per heavy atom. The lowest BCUT2D eigenvalue weighted by molar-refractivity contribution is -0.129. The van der Waals surface area contributed by atoms with Crippen LogP contribution in [0.5, 0.6) is 0 Å². The minimum atomic E-state index is -1.15. The number of piperidine rings is 1. The number of amidine groups is 1. The van der Waals surface area contributed by atoms with Crippen molar-refractivity contribution in [3.63, 3.8) is 0 Å². The number of carboxylic acid groups (broad SMARTS) is 1. The smallest absolute Gasteiger partial charge is 0.370 e. The van der Waals surface area contributed by atoms with Crippen molar-refractivity contribution >= 4 is 35.1 Å². The molecule has 140 valence electrons. The molecule has 2 aliphatic heterocycles. The van der Waals surface area contributed by atoms with Gasteiger partial charge in [-0.2, -0.15) is 0 Å². The highest BCUT2D eigenvalue weighted by atomic mass is 32.2. The maximum absolute atomic E-state index is 10.8. The van der Waals surface area contributed by atoms with E-state index in [1.807, 2.05) is 0 Å². The minimum absolute atomic E-state index is 0.00553. The molecule has 0 amide bonds. The van der Waals surface area contributed by atoms with Gasteiger partial charge in [0.25, 0.3) is 0 Å². The Labute approximate surface area is 160 Å². The molecule has 0 unspecified atom stereocenters. The Morgan fingerprint density at radius 2 is 2.11 bits per heavy atom. The summed E-state index contributed by atoms with van der Waals surface area (Å²) in [7, 11) is 0. The lowest BCUT2D eigenvalue weighted by Gasteiger charge is -2.30. The Kier molecular flexibility index (Phi) is 4.95. The first kappa shape index (κ1) is 17.7. The van der Waals surface area contributed by atoms with Gasteiger partial charge in [0.2, 0.25) is 5.84 Å². The molecule has 27 heavy (non-hydrogen) atoms. The highest BCUT2D eigenvalue weighted by molar-refractivity contribution is 7.99. The first-order valence-corrected chi connectivity index (χ1v) is 9.58. The second-order valence-corrected chi connectivity index (χ2v) is 7.63. The topological polar surface area (TPSA) is 117 Å². The van der Waals surface area contributed by atoms with E-state index in [0.717, 1.165) is 53.9 Å². The average molecular weight is 384 g/mol. The van der Waals surface area contributed by atoms with Crippen molar-refractivity contribution in [2.75, 3.05) is 18.4 Å². The molecule has 1 aromatic carbocycles. The quantitative estimate of drug-likeness (QED) is 0.464. The van der Waals surface area contributed by atoms with Crippen LogP contribution in [0.1, 0.15) is 18.4 Å². The van der Waals surface area contributed by atoms with Gasteiger partial charge in [0.15, 0.2) is 5.82 Å². The van der Waals surface area contributed by atoms with Crippen LogP contribution in [0, 0.1) is 0 Å². The predicted octanol–water partition coefficient (Wildman–Crippen LogP) is 2.09. The SMILES string of the molecule is NC(=NC1CCN(Cc2ccc3c(c2)Nc2nccnc2S3)CC1)C(=O)O. The van der Waals surface area contributed by atoms with E-state index in [9.17, 15) is 4.79 Å². The summed E-state index contributed by atoms with van der Waals surface area (Å²) in [5, 5.41) is 13.1. The zero-order valence-electron chi connectivity index (χ0n) is 14.6. The summed E-state index contributed by atoms with van der Waals surface area (Å²) in [5.41, 5.74) is 7.70. The zero-order chi connectivity index (χ0) is 18.8. The molecular weight excluding hydrogens is 364 g/mol. The minimum Gasteiger partial charge on any atom is -0.475 e. The number of hydrogen-bond donors (Lipinski definition) is 3. The monoisotopic (exact) mass is 384 g/mol. The molecule has 0 radical (unpaired) electrons. The number of anilines is 2. The molecule has 4 N–H and O–H groups in total. The fourth-order valence-electron chi connectivity index (χ4n) is 3.30. The van der Waals surface area contributed by atoms with Gasteiger partial charge in [-0.1, -0.05) is 17.8 Å². The average Bonchev–Trinajstić information content (AvgIpc) is 2.67. The third-order valence-electron chi connectivity index (χ3n) is 4.67. The normalized spacial score (nSPS) is 17.7. The summed E-state index contributed by atoms with van der Waals surface area (Å²) in [6.07, 6.45) is 5.02. The van der Waals surface area contributed by atoms with Crippen LogP contribution in [0.2, 0.25) is 0 Å². The number of aliphatic imine (C=N–C) groups is 1. The molecule has 0 atom stereocenters. The Morgan fingerprint density at radius 1 is 1.33 bits per heavy atom. The van der Waals surface area contributed by atoms with Gasteiger partial charge in [0.1, 0.15) is 5.03 Å². The highest BCUT2D eigenvalue weighted by Gasteiger charge is 2.21. The molecule has 1 aromatic heterocycles. The van der Waals surface area contributed by atoms with Gasteiger partial charge >= 0.3 is 5.97 Å². The molecule has 0 bridgehead atoms. The summed E-state index contributed by atoms with van der Waals surface area (Å²) in [4.78, 5) is 27.1. The van der Waals surface area contributed by atoms with Crippen molar-refractivity contribution in [2.45, 2.75) is 35.3 Å². The first-order chi connectivity index (χ1) is 13.1. The largest absolute Gasteiger partial charge is 0.475 e. The number of hydrogen-bond acceptors (Lipinski definition) is 7. The molecule has 0 saturated carbocycles. The predicted molar refractivity (Wildman–Crippen MR) is 103 cm³/mol. The summed E-state index contributed by atoms with van der Waals surface area (Å²) >= 11 is 1.62. The van der Waals surface area contributed by atoms with Gasteiger partial charge in [-0.25, -0.2) is 14.8 Å². The molecule has 9 heteroatoms. The number of benzene rings is 1. The van der Waals surface area contributed by atoms with Gasteiger partial charge < -0.3 is 16.2 Å². The number of nitrogens with zero attached hydrogens (tertiary/aromatic N) is 4. The van der Waals surface area contributed by atoms with Gasteiger partial charge in [-0.05, 0) is 30.5 Å². The molecule has 8 nitrogen and oxygen atoms in total. The molecule has 2 aliphatic rings. The van der Waals surface area contributed by atoms with Crippen molar-refractivity contribution < 1.29 is 9.90 Å². The number of carboxylic acids is 1. The molecule has 2 aromatic rings. The third kappa shape index (κ3) is 4.04. The lowest BCUT2D eigenvalue weighted by atomic mass is 10.0. The Balaban J connectivity index is 1.38. The molecule has 4 rings (SSSR count). The zero-order valence-corrected chi connectivity index (χ0v) is 15.4. The summed E-state index contributed by atoms with van der Waals surface area (Å²) in [6, 6.07) is 6.41. The van der Waals surface area contributed by atoms with Gasteiger partial charge in [0, 0.05) is 36.9 Å². The van der Waals surface area contributed by atoms with E-state index in [0.29, 0.717) is 0 Å². The van der Waals surface area contributed by atoms with E-state index < -0.39 is 5.97 Å². The Hall–Kier alpha value is -2.65. The number of likely N-dealkylation sites (tertiary alicyclic amines) is 1. The van der Waals surface area contributed by atoms with Crippen LogP contribution in [0.15, 0.2) is 45.5 Å². The van der Waals surface area contributed by atoms with E-state index in [-0.39, 0.29) is 11.9 Å². The number of aliphatic carboxylic acids is 1. The van der Waals surface area contributed by atoms with Gasteiger partial charge in [-0.15, -0.1) is 0 Å². The van der Waals surface area contributed by atoms with Crippen LogP contribution < -0.4 is 11.1 Å². The van der Waals surface area contributed by atoms with Crippen molar-refractivity contribution in [1.29, 1.82) is 0 Å². The fraction of sp³-hybridized carbons (Fsp3) is 0.333. The van der Waals surface area contributed by atoms with Crippen molar-refractivity contribution in [3.8, 4) is 0 Å². The van der Waals surface area contributed by atoms with Crippen molar-refractivity contribution in [1.82, 2.24) is 14.9 Å². The van der Waals surface area contributed by atoms with E-state index in [1.54, 1.807) is 24.2 Å². The van der Waals surface area contributed by atoms with E-state index >= 15 is 0 Å². The van der Waals surface area contributed by atoms with E-state index in [1.165, 1.54) is 5.56 Å². The van der Waals surface area contributed by atoms with Crippen LogP contribution in [-0.2, 0) is 11.3 Å². The molecular formula is C18H20N6O2S. The van der Waals surface area contributed by atoms with Crippen LogP contribution in [0.25, 0.3) is 0 Å². The second-order valence-electron chi connectivity index (χ2n) is 6.59. The maximum atomic E-state index is 10.8. The number of nitrogens with one attached hydrogen (secondary N) is 1. The molecule has 0 spiro atoms. The van der Waals surface area contributed by atoms with Crippen molar-refractivity contribution in [3.05, 3.63) is 36.2 Å². The lowest BCUT2D eigenvalue weighted by Crippen LogP contribution is -2.36. The summed E-state index contributed by atoms with van der Waals surface area (Å²) in [5.74, 6) is -0.653. The maximum Gasteiger partial charge on any atom is 0.370 e. The summed E-state index contributed by atoms with van der Waals surface area (Å²) < 4.78 is 0. The number of carbonyl (C=O) groups is 1. The highest BCUT2D eigenvalue weighted by Crippen LogP contribution is 2.42. The van der Waals surface area contributed by atoms with E-state index in [2.05, 4.69) is 43.4 Å². The Bertz CT molecular complexity index is 895. The molecule has 0 aliphatic carbocycles. The van der Waals surface area contributed by atoms with Crippen molar-refractivity contribution in [2.24, 2.45) is 10.7 Å². The second kappa shape index (κ2) is 7.53. The number of rotatable bonds is 3. The van der Waals surface area contributed by atoms with Crippen LogP contribution in [0.3, 0.4) is 0 Å². The molecule has 3 heterocycles. The number of nitrogens with two attached hydrogens (primary N) is 1. The van der Waals surface area contributed by atoms with E-state index in [4.69, 9.17) is 10.8 Å². The molecule has 1 saturated heterocycles. The van der Waals surface area contributed by atoms with Crippen LogP contribution >= 0.6 is 11.8 Å². The third-order valence-corrected chi connectivity index (χ3v) is 5.74. The summed E-state index contributed by atoms with van der Waals surface area (Å²) in [6.45, 7) is 2.58. The first-order valence-electron chi connectivity index (χ1n) is 8.76. The van der Waals surface area contributed by atoms with Crippen LogP contribution in [-0.4, -0.2) is 50.9 Å². The van der Waals surface area contributed by atoms with Crippen LogP contribution in [0.4, 0.5) is 11.5 Å².